The Bertz CT molecular complexity index is 2360. The van der Waals surface area contributed by atoms with Crippen LogP contribution in [0.2, 0.25) is 0 Å². The highest BCUT2D eigenvalue weighted by Crippen LogP contribution is 2.38. The smallest absolute Gasteiger partial charge is 0.262 e. The van der Waals surface area contributed by atoms with Crippen molar-refractivity contribution in [2.75, 3.05) is 47.1 Å². The van der Waals surface area contributed by atoms with Crippen molar-refractivity contribution in [3.63, 3.8) is 0 Å². The predicted octanol–water partition coefficient (Wildman–Crippen LogP) is 2.46. The van der Waals surface area contributed by atoms with Crippen molar-refractivity contribution in [3.8, 4) is 28.4 Å². The summed E-state index contributed by atoms with van der Waals surface area (Å²) in [5.74, 6) is 5.09. The van der Waals surface area contributed by atoms with E-state index in [1.165, 1.54) is 18.3 Å². The second kappa shape index (κ2) is 17.4. The Morgan fingerprint density at radius 1 is 0.948 bits per heavy atom. The van der Waals surface area contributed by atoms with Gasteiger partial charge in [0.1, 0.15) is 35.6 Å². The number of aryl methyl sites for hydroxylation is 1. The number of aliphatic imine (C=N–C) groups is 1. The zero-order valence-corrected chi connectivity index (χ0v) is 32.4. The molecule has 2 fully saturated rings. The third-order valence-electron chi connectivity index (χ3n) is 10.6. The number of hydrogen-bond acceptors (Lipinski definition) is 14. The molecule has 7 rings (SSSR count). The molecular weight excluding hydrogens is 748 g/mol. The maximum absolute atomic E-state index is 13.1. The van der Waals surface area contributed by atoms with E-state index in [0.717, 1.165) is 52.9 Å². The number of pyridine rings is 2. The van der Waals surface area contributed by atoms with Crippen molar-refractivity contribution < 1.29 is 38.1 Å². The Labute approximate surface area is 333 Å². The van der Waals surface area contributed by atoms with Crippen LogP contribution in [-0.2, 0) is 27.9 Å². The molecule has 3 aliphatic heterocycles. The van der Waals surface area contributed by atoms with Gasteiger partial charge in [-0.1, -0.05) is 0 Å². The fourth-order valence-electron chi connectivity index (χ4n) is 7.53. The Morgan fingerprint density at radius 3 is 2.40 bits per heavy atom. The minimum Gasteiger partial charge on any atom is -0.496 e. The highest BCUT2D eigenvalue weighted by Gasteiger charge is 2.44. The number of benzene rings is 2. The van der Waals surface area contributed by atoms with E-state index in [9.17, 15) is 24.0 Å². The van der Waals surface area contributed by atoms with E-state index in [0.29, 0.717) is 34.9 Å². The van der Waals surface area contributed by atoms with E-state index in [-0.39, 0.29) is 55.4 Å². The van der Waals surface area contributed by atoms with Gasteiger partial charge in [-0.05, 0) is 66.6 Å². The number of hydrazone groups is 1. The van der Waals surface area contributed by atoms with E-state index in [1.54, 1.807) is 44.3 Å². The molecule has 4 amide bonds. The van der Waals surface area contributed by atoms with Crippen LogP contribution in [0.3, 0.4) is 0 Å². The van der Waals surface area contributed by atoms with Crippen molar-refractivity contribution in [2.24, 2.45) is 23.0 Å². The minimum absolute atomic E-state index is 0.00344. The second-order valence-electron chi connectivity index (χ2n) is 14.2. The first kappa shape index (κ1) is 39.8. The lowest BCUT2D eigenvalue weighted by Crippen LogP contribution is -2.54. The largest absolute Gasteiger partial charge is 0.496 e. The van der Waals surface area contributed by atoms with Gasteiger partial charge >= 0.3 is 0 Å². The van der Waals surface area contributed by atoms with Gasteiger partial charge in [-0.3, -0.25) is 49.1 Å². The van der Waals surface area contributed by atoms with Crippen molar-refractivity contribution in [1.82, 2.24) is 24.7 Å². The first-order valence-corrected chi connectivity index (χ1v) is 18.9. The predicted molar refractivity (Wildman–Crippen MR) is 213 cm³/mol. The van der Waals surface area contributed by atoms with Crippen LogP contribution < -0.4 is 30.9 Å². The number of nitrogens with one attached hydrogen (secondary N) is 1. The number of aromatic nitrogens is 2. The van der Waals surface area contributed by atoms with Gasteiger partial charge in [-0.2, -0.15) is 5.10 Å². The number of rotatable bonds is 14. The number of carbonyl (C=O) groups is 4. The van der Waals surface area contributed by atoms with Crippen LogP contribution >= 0.6 is 0 Å². The molecule has 2 saturated heterocycles. The number of amides is 4. The van der Waals surface area contributed by atoms with E-state index in [4.69, 9.17) is 24.8 Å². The molecular formula is C41H44N8O9. The van der Waals surface area contributed by atoms with Crippen molar-refractivity contribution in [1.29, 1.82) is 0 Å². The van der Waals surface area contributed by atoms with Crippen molar-refractivity contribution >= 4 is 46.3 Å². The van der Waals surface area contributed by atoms with Gasteiger partial charge in [-0.15, -0.1) is 0 Å². The number of imide groups is 2. The van der Waals surface area contributed by atoms with E-state index in [1.807, 2.05) is 24.4 Å². The molecule has 58 heavy (non-hydrogen) atoms. The van der Waals surface area contributed by atoms with Gasteiger partial charge in [0.15, 0.2) is 0 Å². The molecule has 17 heteroatoms. The highest BCUT2D eigenvalue weighted by atomic mass is 16.5. The zero-order chi connectivity index (χ0) is 40.9. The summed E-state index contributed by atoms with van der Waals surface area (Å²) in [6.45, 7) is 2.81. The molecule has 0 saturated carbocycles. The number of nitrogens with two attached hydrogens (primary N) is 1. The van der Waals surface area contributed by atoms with Gasteiger partial charge in [0, 0.05) is 63.5 Å². The number of piperidine rings is 2. The van der Waals surface area contributed by atoms with E-state index in [2.05, 4.69) is 25.3 Å². The van der Waals surface area contributed by atoms with Crippen molar-refractivity contribution in [2.45, 2.75) is 44.4 Å². The first-order chi connectivity index (χ1) is 28.1. The molecule has 1 unspecified atom stereocenters. The number of likely N-dealkylation sites (tertiary alicyclic amines) is 1. The number of ether oxygens (including phenoxy) is 4. The fraction of sp³-hybridized carbons (Fsp3) is 0.366. The number of carbonyl (C=O) groups excluding carboxylic acids is 4. The van der Waals surface area contributed by atoms with Crippen LogP contribution in [-0.4, -0.2) is 114 Å². The summed E-state index contributed by atoms with van der Waals surface area (Å²) in [6, 6.07) is 9.30. The lowest BCUT2D eigenvalue weighted by atomic mass is 9.98. The van der Waals surface area contributed by atoms with Gasteiger partial charge in [0.2, 0.25) is 11.8 Å². The summed E-state index contributed by atoms with van der Waals surface area (Å²) in [4.78, 5) is 74.4. The van der Waals surface area contributed by atoms with Crippen LogP contribution in [0.15, 0.2) is 69.9 Å². The highest BCUT2D eigenvalue weighted by molar-refractivity contribution is 6.31. The molecule has 0 aliphatic carbocycles. The van der Waals surface area contributed by atoms with Gasteiger partial charge < -0.3 is 29.4 Å². The first-order valence-electron chi connectivity index (χ1n) is 18.9. The lowest BCUT2D eigenvalue weighted by molar-refractivity contribution is -0.136. The van der Waals surface area contributed by atoms with Gasteiger partial charge in [0.05, 0.1) is 55.6 Å². The Hall–Kier alpha value is -6.46. The third kappa shape index (κ3) is 8.17. The number of nitrogens with zero attached hydrogens (tertiary/aromatic N) is 6. The summed E-state index contributed by atoms with van der Waals surface area (Å²) in [6.07, 6.45) is 8.35. The number of fused-ring (bicyclic) bond motifs is 2. The fourth-order valence-corrected chi connectivity index (χ4v) is 7.53. The number of hydrogen-bond donors (Lipinski definition) is 2. The summed E-state index contributed by atoms with van der Waals surface area (Å²) in [7, 11) is 5.00. The van der Waals surface area contributed by atoms with Crippen LogP contribution in [0, 0.1) is 0 Å². The molecule has 0 spiro atoms. The SMILES string of the molecule is COc1cc(-c2cn(C)c(=O)c3cnccc23)cc(OC)c1CN1CCC(OCC(C=NCCOc2ccc3c(c2)C(=O)N(C2CCC(=O)NC2=O)C3=O)=NN)CC1. The van der Waals surface area contributed by atoms with Gasteiger partial charge in [-0.25, -0.2) is 0 Å². The second-order valence-corrected chi connectivity index (χ2v) is 14.2. The Kier molecular flexibility index (Phi) is 11.9. The Balaban J connectivity index is 0.879. The molecule has 302 valence electrons. The molecule has 5 heterocycles. The summed E-state index contributed by atoms with van der Waals surface area (Å²) < 4.78 is 25.2. The standard InChI is InChI=1S/C41H44N8O9/c1-47-21-32(28-8-11-43-20-31(28)39(47)52)24-16-35(55-2)33(36(17-24)56-3)22-48-13-9-26(10-14-48)58-23-25(46-42)19-44-12-15-57-27-4-5-29-30(18-27)41(54)49(40(29)53)34-6-7-37(50)45-38(34)51/h4-5,8,11,16-21,26,34H,6-7,9-10,12-15,22-23,42H2,1-3H3,(H,45,50,51). The summed E-state index contributed by atoms with van der Waals surface area (Å²) in [5.41, 5.74) is 3.32. The molecule has 17 nitrogen and oxygen atoms in total. The van der Waals surface area contributed by atoms with Gasteiger partial charge in [0.25, 0.3) is 17.4 Å². The topological polar surface area (TPSA) is 209 Å². The van der Waals surface area contributed by atoms with Crippen LogP contribution in [0.4, 0.5) is 0 Å². The summed E-state index contributed by atoms with van der Waals surface area (Å²) >= 11 is 0. The van der Waals surface area contributed by atoms with Crippen molar-refractivity contribution in [3.05, 3.63) is 82.0 Å². The maximum Gasteiger partial charge on any atom is 0.262 e. The quantitative estimate of drug-likeness (QED) is 0.0621. The molecule has 3 aliphatic rings. The average Bonchev–Trinajstić information content (AvgIpc) is 3.48. The van der Waals surface area contributed by atoms with E-state index >= 15 is 0 Å². The average molecular weight is 793 g/mol. The normalized spacial score (nSPS) is 17.9. The molecule has 2 aromatic carbocycles. The lowest BCUT2D eigenvalue weighted by Gasteiger charge is -2.32. The van der Waals surface area contributed by atoms with Crippen LogP contribution in [0.1, 0.15) is 52.0 Å². The van der Waals surface area contributed by atoms with Crippen LogP contribution in [0.25, 0.3) is 21.9 Å². The molecule has 0 bridgehead atoms. The zero-order valence-electron chi connectivity index (χ0n) is 32.4. The molecule has 1 atom stereocenters. The molecule has 2 aromatic heterocycles. The molecule has 4 aromatic rings. The third-order valence-corrected chi connectivity index (χ3v) is 10.6. The number of methoxy groups -OCH3 is 2. The maximum atomic E-state index is 13.1. The minimum atomic E-state index is -1.04. The van der Waals surface area contributed by atoms with Crippen LogP contribution in [0.5, 0.6) is 17.2 Å². The molecule has 0 radical (unpaired) electrons. The monoisotopic (exact) mass is 792 g/mol. The van der Waals surface area contributed by atoms with E-state index < -0.39 is 29.7 Å². The molecule has 3 N–H and O–H groups in total. The Morgan fingerprint density at radius 2 is 1.69 bits per heavy atom. The summed E-state index contributed by atoms with van der Waals surface area (Å²) in [5, 5.41) is 7.35.